The van der Waals surface area contributed by atoms with Gasteiger partial charge in [-0.15, -0.1) is 0 Å². The van der Waals surface area contributed by atoms with E-state index in [2.05, 4.69) is 5.32 Å². The molecule has 0 unspecified atom stereocenters. The summed E-state index contributed by atoms with van der Waals surface area (Å²) in [5, 5.41) is 21.1. The summed E-state index contributed by atoms with van der Waals surface area (Å²) in [6.45, 7) is 4.07. The average molecular weight is 260 g/mol. The first-order valence-electron chi connectivity index (χ1n) is 5.75. The second-order valence-electron chi connectivity index (χ2n) is 3.69. The number of nitrogens with one attached hydrogen (secondary N) is 1. The van der Waals surface area contributed by atoms with Crippen molar-refractivity contribution in [3.63, 3.8) is 0 Å². The lowest BCUT2D eigenvalue weighted by Crippen LogP contribution is -2.00. The van der Waals surface area contributed by atoms with Crippen LogP contribution < -0.4 is 5.32 Å². The van der Waals surface area contributed by atoms with Crippen LogP contribution in [0.3, 0.4) is 0 Å². The van der Waals surface area contributed by atoms with Crippen LogP contribution in [0, 0.1) is 22.7 Å². The van der Waals surface area contributed by atoms with E-state index >= 15 is 0 Å². The number of nitrogens with zero attached hydrogens (tertiary/aromatic N) is 2. The van der Waals surface area contributed by atoms with E-state index in [1.807, 2.05) is 38.1 Å². The molecule has 1 rings (SSSR count). The molecule has 0 bridgehead atoms. The molecule has 0 amide bonds. The largest absolute Gasteiger partial charge is 0.359 e. The van der Waals surface area contributed by atoms with Crippen molar-refractivity contribution in [2.75, 3.05) is 5.32 Å². The van der Waals surface area contributed by atoms with Gasteiger partial charge in [0.2, 0.25) is 0 Å². The number of benzene rings is 1. The second kappa shape index (κ2) is 6.69. The van der Waals surface area contributed by atoms with E-state index in [4.69, 9.17) is 22.1 Å². The predicted octanol–water partition coefficient (Wildman–Crippen LogP) is 3.81. The van der Waals surface area contributed by atoms with Gasteiger partial charge in [-0.1, -0.05) is 31.5 Å². The minimum absolute atomic E-state index is 0.0408. The number of allylic oxidation sites excluding steroid dienone is 1. The second-order valence-corrected chi connectivity index (χ2v) is 4.10. The third-order valence-corrected chi connectivity index (χ3v) is 3.03. The molecule has 0 fully saturated rings. The molecule has 0 radical (unpaired) electrons. The lowest BCUT2D eigenvalue weighted by molar-refractivity contribution is 1.09. The molecule has 0 aliphatic heterocycles. The molecular weight excluding hydrogens is 246 g/mol. The SMILES string of the molecule is CCc1ccc(Cl)c(CC)c1NC=C(C#N)C#N. The summed E-state index contributed by atoms with van der Waals surface area (Å²) in [5.41, 5.74) is 3.06. The van der Waals surface area contributed by atoms with Gasteiger partial charge in [0.05, 0.1) is 0 Å². The molecule has 18 heavy (non-hydrogen) atoms. The molecular formula is C14H14ClN3. The Balaban J connectivity index is 3.23. The number of aryl methyl sites for hydroxylation is 1. The van der Waals surface area contributed by atoms with E-state index in [0.717, 1.165) is 29.7 Å². The third-order valence-electron chi connectivity index (χ3n) is 2.68. The number of hydrogen-bond acceptors (Lipinski definition) is 3. The van der Waals surface area contributed by atoms with Crippen molar-refractivity contribution < 1.29 is 0 Å². The van der Waals surface area contributed by atoms with Gasteiger partial charge in [-0.3, -0.25) is 0 Å². The maximum atomic E-state index is 8.70. The first kappa shape index (κ1) is 14.1. The summed E-state index contributed by atoms with van der Waals surface area (Å²) in [6, 6.07) is 7.47. The molecule has 3 nitrogen and oxygen atoms in total. The van der Waals surface area contributed by atoms with Crippen molar-refractivity contribution in [3.05, 3.63) is 40.1 Å². The molecule has 0 atom stereocenters. The quantitative estimate of drug-likeness (QED) is 0.837. The fraction of sp³-hybridized carbons (Fsp3) is 0.286. The predicted molar refractivity (Wildman–Crippen MR) is 73.1 cm³/mol. The number of hydrogen-bond donors (Lipinski definition) is 1. The molecule has 0 saturated carbocycles. The highest BCUT2D eigenvalue weighted by Crippen LogP contribution is 2.29. The van der Waals surface area contributed by atoms with Gasteiger partial charge in [-0.05, 0) is 30.0 Å². The zero-order valence-corrected chi connectivity index (χ0v) is 11.2. The van der Waals surface area contributed by atoms with Crippen molar-refractivity contribution in [2.24, 2.45) is 0 Å². The van der Waals surface area contributed by atoms with Gasteiger partial charge < -0.3 is 5.32 Å². The summed E-state index contributed by atoms with van der Waals surface area (Å²) in [4.78, 5) is 0. The first-order chi connectivity index (χ1) is 8.67. The molecule has 1 aromatic carbocycles. The van der Waals surface area contributed by atoms with Crippen molar-refractivity contribution in [3.8, 4) is 12.1 Å². The molecule has 1 N–H and O–H groups in total. The summed E-state index contributed by atoms with van der Waals surface area (Å²) in [5.74, 6) is 0. The van der Waals surface area contributed by atoms with Crippen molar-refractivity contribution in [1.82, 2.24) is 0 Å². The molecule has 4 heteroatoms. The first-order valence-corrected chi connectivity index (χ1v) is 6.12. The summed E-state index contributed by atoms with van der Waals surface area (Å²) in [7, 11) is 0. The lowest BCUT2D eigenvalue weighted by Gasteiger charge is -2.14. The number of halogens is 1. The summed E-state index contributed by atoms with van der Waals surface area (Å²) in [6.07, 6.45) is 3.07. The monoisotopic (exact) mass is 259 g/mol. The Morgan fingerprint density at radius 1 is 1.28 bits per heavy atom. The van der Waals surface area contributed by atoms with E-state index in [1.54, 1.807) is 0 Å². The Labute approximate surface area is 112 Å². The van der Waals surface area contributed by atoms with Crippen LogP contribution in [-0.4, -0.2) is 0 Å². The average Bonchev–Trinajstić information content (AvgIpc) is 2.40. The minimum Gasteiger partial charge on any atom is -0.359 e. The Hall–Kier alpha value is -1.97. The van der Waals surface area contributed by atoms with E-state index in [9.17, 15) is 0 Å². The Morgan fingerprint density at radius 3 is 2.44 bits per heavy atom. The Kier molecular flexibility index (Phi) is 5.24. The molecule has 92 valence electrons. The van der Waals surface area contributed by atoms with Crippen LogP contribution in [0.5, 0.6) is 0 Å². The molecule has 0 aliphatic carbocycles. The van der Waals surface area contributed by atoms with Gasteiger partial charge in [0.1, 0.15) is 17.7 Å². The zero-order chi connectivity index (χ0) is 13.5. The van der Waals surface area contributed by atoms with E-state index in [-0.39, 0.29) is 5.57 Å². The van der Waals surface area contributed by atoms with Crippen LogP contribution in [0.4, 0.5) is 5.69 Å². The highest BCUT2D eigenvalue weighted by molar-refractivity contribution is 6.31. The molecule has 0 saturated heterocycles. The standard InChI is InChI=1S/C14H14ClN3/c1-3-11-5-6-13(15)12(4-2)14(11)18-9-10(7-16)8-17/h5-6,9,18H,3-4H2,1-2H3. The van der Waals surface area contributed by atoms with Crippen LogP contribution in [-0.2, 0) is 12.8 Å². The lowest BCUT2D eigenvalue weighted by atomic mass is 10.0. The van der Waals surface area contributed by atoms with Gasteiger partial charge in [-0.25, -0.2) is 0 Å². The van der Waals surface area contributed by atoms with Gasteiger partial charge in [0, 0.05) is 16.9 Å². The zero-order valence-electron chi connectivity index (χ0n) is 10.4. The van der Waals surface area contributed by atoms with E-state index < -0.39 is 0 Å². The minimum atomic E-state index is 0.0408. The number of nitriles is 2. The molecule has 0 spiro atoms. The van der Waals surface area contributed by atoms with E-state index in [0.29, 0.717) is 5.02 Å². The molecule has 0 aliphatic rings. The van der Waals surface area contributed by atoms with Crippen molar-refractivity contribution in [1.29, 1.82) is 10.5 Å². The molecule has 0 heterocycles. The number of anilines is 1. The summed E-state index contributed by atoms with van der Waals surface area (Å²) >= 11 is 6.15. The van der Waals surface area contributed by atoms with Crippen LogP contribution in [0.25, 0.3) is 0 Å². The smallest absolute Gasteiger partial charge is 0.145 e. The van der Waals surface area contributed by atoms with E-state index in [1.165, 1.54) is 6.20 Å². The molecule has 0 aromatic heterocycles. The maximum Gasteiger partial charge on any atom is 0.145 e. The van der Waals surface area contributed by atoms with Crippen LogP contribution >= 0.6 is 11.6 Å². The van der Waals surface area contributed by atoms with Gasteiger partial charge in [0.25, 0.3) is 0 Å². The van der Waals surface area contributed by atoms with Gasteiger partial charge in [0.15, 0.2) is 0 Å². The highest BCUT2D eigenvalue weighted by atomic mass is 35.5. The number of rotatable bonds is 4. The van der Waals surface area contributed by atoms with Crippen molar-refractivity contribution in [2.45, 2.75) is 26.7 Å². The highest BCUT2D eigenvalue weighted by Gasteiger charge is 2.09. The normalized spacial score (nSPS) is 9.17. The van der Waals surface area contributed by atoms with Crippen LogP contribution in [0.15, 0.2) is 23.9 Å². The Bertz CT molecular complexity index is 531. The van der Waals surface area contributed by atoms with Gasteiger partial charge >= 0.3 is 0 Å². The third kappa shape index (κ3) is 3.03. The maximum absolute atomic E-state index is 8.70. The Morgan fingerprint density at radius 2 is 1.94 bits per heavy atom. The molecule has 1 aromatic rings. The fourth-order valence-corrected chi connectivity index (χ4v) is 2.02. The van der Waals surface area contributed by atoms with Crippen molar-refractivity contribution >= 4 is 17.3 Å². The van der Waals surface area contributed by atoms with Gasteiger partial charge in [-0.2, -0.15) is 10.5 Å². The summed E-state index contributed by atoms with van der Waals surface area (Å²) < 4.78 is 0. The topological polar surface area (TPSA) is 59.6 Å². The fourth-order valence-electron chi connectivity index (χ4n) is 1.72. The van der Waals surface area contributed by atoms with Crippen LogP contribution in [0.1, 0.15) is 25.0 Å². The van der Waals surface area contributed by atoms with Crippen LogP contribution in [0.2, 0.25) is 5.02 Å².